The van der Waals surface area contributed by atoms with Gasteiger partial charge in [0.15, 0.2) is 0 Å². The van der Waals surface area contributed by atoms with Crippen LogP contribution in [0.15, 0.2) is 6.07 Å². The molecule has 0 atom stereocenters. The molecule has 2 N–H and O–H groups in total. The number of hydrogen-bond acceptors (Lipinski definition) is 3. The van der Waals surface area contributed by atoms with Crippen molar-refractivity contribution >= 4 is 41.7 Å². The van der Waals surface area contributed by atoms with E-state index in [2.05, 4.69) is 21.3 Å². The Morgan fingerprint density at radius 1 is 1.43 bits per heavy atom. The third-order valence-electron chi connectivity index (χ3n) is 1.06. The van der Waals surface area contributed by atoms with Crippen molar-refractivity contribution in [1.82, 2.24) is 4.98 Å². The second kappa shape index (κ2) is 4.26. The van der Waals surface area contributed by atoms with Crippen LogP contribution in [-0.4, -0.2) is 14.8 Å². The lowest BCUT2D eigenvalue weighted by Gasteiger charge is -2.10. The third kappa shape index (κ3) is 3.31. The fraction of sp³-hybridized carbons (Fsp3) is 0. The van der Waals surface area contributed by atoms with Crippen LogP contribution in [0.5, 0.6) is 5.88 Å². The standard InChI is InChI=1S/C5H3Cl2FNO3PS/c6-2-1-3(7)5(9-4(2)8)12-13(10,11)14/h1H,(H2,10,11,14). The normalized spacial score (nSPS) is 11.5. The van der Waals surface area contributed by atoms with Crippen LogP contribution in [0.3, 0.4) is 0 Å². The molecular weight excluding hydrogens is 275 g/mol. The van der Waals surface area contributed by atoms with Crippen molar-refractivity contribution in [3.05, 3.63) is 22.1 Å². The molecule has 0 amide bonds. The van der Waals surface area contributed by atoms with E-state index in [0.717, 1.165) is 6.07 Å². The first-order valence-electron chi connectivity index (χ1n) is 3.06. The van der Waals surface area contributed by atoms with E-state index in [-0.39, 0.29) is 10.0 Å². The summed E-state index contributed by atoms with van der Waals surface area (Å²) < 4.78 is 17.1. The minimum Gasteiger partial charge on any atom is -0.404 e. The van der Waals surface area contributed by atoms with Crippen LogP contribution in [0, 0.1) is 5.95 Å². The molecule has 1 rings (SSSR count). The molecule has 1 aromatic rings. The van der Waals surface area contributed by atoms with Crippen LogP contribution in [0.25, 0.3) is 0 Å². The molecule has 14 heavy (non-hydrogen) atoms. The number of nitrogens with zero attached hydrogens (tertiary/aromatic N) is 1. The van der Waals surface area contributed by atoms with E-state index in [1.807, 2.05) is 0 Å². The fourth-order valence-electron chi connectivity index (χ4n) is 0.605. The Hall–Kier alpha value is 0.0300. The van der Waals surface area contributed by atoms with Gasteiger partial charge in [-0.15, -0.1) is 0 Å². The molecule has 0 unspecified atom stereocenters. The Bertz CT molecular complexity index is 412. The van der Waals surface area contributed by atoms with Crippen molar-refractivity contribution in [1.29, 1.82) is 0 Å². The molecule has 4 nitrogen and oxygen atoms in total. The molecule has 0 radical (unpaired) electrons. The molecule has 0 bridgehead atoms. The van der Waals surface area contributed by atoms with E-state index >= 15 is 0 Å². The number of halogens is 3. The van der Waals surface area contributed by atoms with Crippen molar-refractivity contribution in [3.8, 4) is 5.88 Å². The topological polar surface area (TPSA) is 62.6 Å². The summed E-state index contributed by atoms with van der Waals surface area (Å²) in [6.07, 6.45) is 0. The zero-order chi connectivity index (χ0) is 10.9. The highest BCUT2D eigenvalue weighted by Gasteiger charge is 2.16. The molecule has 0 saturated heterocycles. The van der Waals surface area contributed by atoms with E-state index in [1.54, 1.807) is 0 Å². The van der Waals surface area contributed by atoms with Gasteiger partial charge in [0.05, 0.1) is 5.02 Å². The van der Waals surface area contributed by atoms with Crippen molar-refractivity contribution in [3.63, 3.8) is 0 Å². The average molecular weight is 278 g/mol. The van der Waals surface area contributed by atoms with Gasteiger partial charge in [0.2, 0.25) is 11.8 Å². The van der Waals surface area contributed by atoms with Gasteiger partial charge in [-0.2, -0.15) is 9.37 Å². The van der Waals surface area contributed by atoms with Gasteiger partial charge in [0.1, 0.15) is 5.02 Å². The SMILES string of the molecule is OP(O)(=S)Oc1nc(F)c(Cl)cc1Cl. The van der Waals surface area contributed by atoms with E-state index in [4.69, 9.17) is 33.0 Å². The van der Waals surface area contributed by atoms with Crippen molar-refractivity contribution in [2.45, 2.75) is 0 Å². The fourth-order valence-corrected chi connectivity index (χ4v) is 1.63. The van der Waals surface area contributed by atoms with Crippen LogP contribution in [0.4, 0.5) is 4.39 Å². The van der Waals surface area contributed by atoms with E-state index in [9.17, 15) is 4.39 Å². The number of rotatable bonds is 2. The molecule has 0 fully saturated rings. The number of hydrogen-bond donors (Lipinski definition) is 2. The minimum absolute atomic E-state index is 0.159. The summed E-state index contributed by atoms with van der Waals surface area (Å²) in [5.74, 6) is -1.53. The van der Waals surface area contributed by atoms with Gasteiger partial charge >= 0.3 is 6.72 Å². The van der Waals surface area contributed by atoms with Crippen molar-refractivity contribution < 1.29 is 18.7 Å². The lowest BCUT2D eigenvalue weighted by molar-refractivity contribution is 0.361. The summed E-state index contributed by atoms with van der Waals surface area (Å²) in [4.78, 5) is 20.7. The molecule has 0 aliphatic rings. The Balaban J connectivity index is 3.11. The highest BCUT2D eigenvalue weighted by molar-refractivity contribution is 8.06. The molecular formula is C5H3Cl2FNO3PS. The van der Waals surface area contributed by atoms with Gasteiger partial charge in [-0.3, -0.25) is 0 Å². The lowest BCUT2D eigenvalue weighted by atomic mass is 10.5. The molecule has 1 heterocycles. The molecule has 0 spiro atoms. The molecule has 0 aliphatic heterocycles. The highest BCUT2D eigenvalue weighted by atomic mass is 35.5. The van der Waals surface area contributed by atoms with Crippen molar-refractivity contribution in [2.75, 3.05) is 0 Å². The lowest BCUT2D eigenvalue weighted by Crippen LogP contribution is -1.95. The van der Waals surface area contributed by atoms with Gasteiger partial charge in [0, 0.05) is 11.8 Å². The van der Waals surface area contributed by atoms with Gasteiger partial charge in [-0.1, -0.05) is 23.2 Å². The van der Waals surface area contributed by atoms with Gasteiger partial charge in [-0.05, 0) is 6.07 Å². The molecule has 0 saturated carbocycles. The Kier molecular flexibility index (Phi) is 3.69. The largest absolute Gasteiger partial charge is 0.404 e. The summed E-state index contributed by atoms with van der Waals surface area (Å²) in [5, 5.41) is -0.458. The molecule has 9 heteroatoms. The summed E-state index contributed by atoms with van der Waals surface area (Å²) in [5.41, 5.74) is 0. The van der Waals surface area contributed by atoms with Crippen molar-refractivity contribution in [2.24, 2.45) is 0 Å². The average Bonchev–Trinajstić information content (AvgIpc) is 1.97. The first kappa shape index (κ1) is 12.1. The maximum atomic E-state index is 12.8. The highest BCUT2D eigenvalue weighted by Crippen LogP contribution is 2.40. The second-order valence-corrected chi connectivity index (χ2v) is 5.53. The zero-order valence-corrected chi connectivity index (χ0v) is 9.54. The van der Waals surface area contributed by atoms with E-state index in [0.29, 0.717) is 0 Å². The first-order valence-corrected chi connectivity index (χ1v) is 6.44. The monoisotopic (exact) mass is 277 g/mol. The Morgan fingerprint density at radius 2 is 2.00 bits per heavy atom. The predicted octanol–water partition coefficient (Wildman–Crippen LogP) is 2.12. The summed E-state index contributed by atoms with van der Waals surface area (Å²) in [7, 11) is 0. The third-order valence-corrected chi connectivity index (χ3v) is 2.23. The maximum Gasteiger partial charge on any atom is 0.376 e. The summed E-state index contributed by atoms with van der Waals surface area (Å²) >= 11 is 15.0. The van der Waals surface area contributed by atoms with Crippen LogP contribution in [0.1, 0.15) is 0 Å². The minimum atomic E-state index is -3.97. The van der Waals surface area contributed by atoms with Crippen LogP contribution in [-0.2, 0) is 11.8 Å². The predicted molar refractivity (Wildman–Crippen MR) is 53.6 cm³/mol. The summed E-state index contributed by atoms with van der Waals surface area (Å²) in [6.45, 7) is -3.97. The number of aromatic nitrogens is 1. The Morgan fingerprint density at radius 3 is 2.50 bits per heavy atom. The Labute approximate surface area is 93.5 Å². The zero-order valence-electron chi connectivity index (χ0n) is 6.32. The molecule has 0 aromatic carbocycles. The number of pyridine rings is 1. The second-order valence-electron chi connectivity index (χ2n) is 2.13. The van der Waals surface area contributed by atoms with Crippen LogP contribution < -0.4 is 4.52 Å². The van der Waals surface area contributed by atoms with Crippen LogP contribution in [0.2, 0.25) is 10.0 Å². The summed E-state index contributed by atoms with van der Waals surface area (Å²) in [6, 6.07) is 1.02. The molecule has 1 aromatic heterocycles. The molecule has 0 aliphatic carbocycles. The molecule has 78 valence electrons. The van der Waals surface area contributed by atoms with Gasteiger partial charge in [0.25, 0.3) is 0 Å². The quantitative estimate of drug-likeness (QED) is 0.641. The van der Waals surface area contributed by atoms with E-state index < -0.39 is 18.5 Å². The first-order chi connectivity index (χ1) is 6.29. The van der Waals surface area contributed by atoms with Gasteiger partial charge < -0.3 is 14.3 Å². The van der Waals surface area contributed by atoms with Crippen LogP contribution >= 0.6 is 29.9 Å². The van der Waals surface area contributed by atoms with Gasteiger partial charge in [-0.25, -0.2) is 0 Å². The smallest absolute Gasteiger partial charge is 0.376 e. The maximum absolute atomic E-state index is 12.8. The van der Waals surface area contributed by atoms with E-state index in [1.165, 1.54) is 0 Å².